The lowest BCUT2D eigenvalue weighted by atomic mass is 10.1. The molecule has 1 aliphatic heterocycles. The molecule has 3 fully saturated rings. The number of nitrogens with zero attached hydrogens (tertiary/aromatic N) is 9. The van der Waals surface area contributed by atoms with E-state index in [1.807, 2.05) is 35.9 Å². The second kappa shape index (κ2) is 9.57. The summed E-state index contributed by atoms with van der Waals surface area (Å²) in [6.07, 6.45) is 9.71. The highest BCUT2D eigenvalue weighted by atomic mass is 16.5. The fraction of sp³-hybridized carbons (Fsp3) is 0.370. The molecule has 14 heteroatoms. The van der Waals surface area contributed by atoms with Crippen LogP contribution in [-0.2, 0) is 16.2 Å². The molecule has 5 heterocycles. The minimum absolute atomic E-state index is 0.0292. The van der Waals surface area contributed by atoms with Crippen LogP contribution in [0.15, 0.2) is 36.9 Å². The topological polar surface area (TPSA) is 161 Å². The van der Waals surface area contributed by atoms with Crippen LogP contribution in [-0.4, -0.2) is 70.9 Å². The zero-order valence-electron chi connectivity index (χ0n) is 22.4. The van der Waals surface area contributed by atoms with Gasteiger partial charge in [0.2, 0.25) is 17.7 Å². The number of carbonyl (C=O) groups is 3. The fourth-order valence-corrected chi connectivity index (χ4v) is 5.02. The summed E-state index contributed by atoms with van der Waals surface area (Å²) in [6.45, 7) is 1.92. The van der Waals surface area contributed by atoms with Gasteiger partial charge in [-0.3, -0.25) is 24.7 Å². The average Bonchev–Trinajstić information content (AvgIpc) is 3.89. The summed E-state index contributed by atoms with van der Waals surface area (Å²) in [4.78, 5) is 57.9. The molecule has 4 aromatic rings. The first-order valence-electron chi connectivity index (χ1n) is 13.4. The van der Waals surface area contributed by atoms with Crippen molar-refractivity contribution in [3.63, 3.8) is 0 Å². The predicted octanol–water partition coefficient (Wildman–Crippen LogP) is 2.21. The van der Waals surface area contributed by atoms with Gasteiger partial charge in [-0.25, -0.2) is 19.7 Å². The summed E-state index contributed by atoms with van der Waals surface area (Å²) in [5.74, 6) is 0.529. The molecule has 14 nitrogen and oxygen atoms in total. The van der Waals surface area contributed by atoms with Crippen LogP contribution in [0.2, 0.25) is 0 Å². The van der Waals surface area contributed by atoms with Crippen molar-refractivity contribution in [2.75, 3.05) is 23.8 Å². The monoisotopic (exact) mass is 554 g/mol. The maximum atomic E-state index is 12.7. The Morgan fingerprint density at radius 3 is 2.78 bits per heavy atom. The lowest BCUT2D eigenvalue weighted by molar-refractivity contribution is -0.124. The van der Waals surface area contributed by atoms with Crippen molar-refractivity contribution in [3.05, 3.63) is 59.7 Å². The molecule has 1 N–H and O–H groups in total. The quantitative estimate of drug-likeness (QED) is 0.320. The second-order valence-corrected chi connectivity index (χ2v) is 10.6. The molecule has 3 aliphatic rings. The van der Waals surface area contributed by atoms with Gasteiger partial charge in [-0.2, -0.15) is 4.98 Å². The number of imidazole rings is 1. The number of rotatable bonds is 8. The van der Waals surface area contributed by atoms with E-state index in [9.17, 15) is 14.4 Å². The number of hydrogen-bond donors (Lipinski definition) is 1. The van der Waals surface area contributed by atoms with Crippen molar-refractivity contribution in [1.29, 1.82) is 0 Å². The van der Waals surface area contributed by atoms with E-state index in [0.717, 1.165) is 29.0 Å². The number of aromatic nitrogens is 7. The highest BCUT2D eigenvalue weighted by Gasteiger charge is 2.46. The number of urea groups is 1. The van der Waals surface area contributed by atoms with E-state index >= 15 is 0 Å². The largest absolute Gasteiger partial charge is 0.470 e. The molecule has 1 saturated heterocycles. The van der Waals surface area contributed by atoms with Crippen LogP contribution in [0.5, 0.6) is 5.88 Å². The minimum Gasteiger partial charge on any atom is -0.470 e. The molecular formula is C27H26N10O4. The summed E-state index contributed by atoms with van der Waals surface area (Å²) >= 11 is 0. The van der Waals surface area contributed by atoms with Gasteiger partial charge in [0.25, 0.3) is 5.95 Å². The maximum absolute atomic E-state index is 12.7. The number of anilines is 2. The number of fused-ring (bicyclic) bond motifs is 1. The number of ether oxygens (including phenoxy) is 1. The van der Waals surface area contributed by atoms with Gasteiger partial charge in [-0.1, -0.05) is 0 Å². The highest BCUT2D eigenvalue weighted by Crippen LogP contribution is 2.46. The normalized spacial score (nSPS) is 20.1. The van der Waals surface area contributed by atoms with Crippen molar-refractivity contribution < 1.29 is 19.1 Å². The van der Waals surface area contributed by atoms with Crippen molar-refractivity contribution in [2.24, 2.45) is 5.92 Å². The molecule has 0 spiro atoms. The summed E-state index contributed by atoms with van der Waals surface area (Å²) in [5.41, 5.74) is 3.69. The third-order valence-electron chi connectivity index (χ3n) is 7.54. The van der Waals surface area contributed by atoms with E-state index in [2.05, 4.69) is 30.5 Å². The maximum Gasteiger partial charge on any atom is 0.331 e. The number of hydrogen-bond acceptors (Lipinski definition) is 10. The molecule has 0 bridgehead atoms. The molecule has 0 aromatic carbocycles. The minimum atomic E-state index is -0.379. The molecule has 7 rings (SSSR count). The zero-order chi connectivity index (χ0) is 28.2. The predicted molar refractivity (Wildman–Crippen MR) is 143 cm³/mol. The van der Waals surface area contributed by atoms with Gasteiger partial charge < -0.3 is 9.14 Å². The van der Waals surface area contributed by atoms with Crippen molar-refractivity contribution in [3.8, 4) is 5.88 Å². The number of imide groups is 1. The molecule has 208 valence electrons. The second-order valence-electron chi connectivity index (χ2n) is 10.6. The Labute approximate surface area is 233 Å². The van der Waals surface area contributed by atoms with Crippen LogP contribution in [0.1, 0.15) is 53.9 Å². The number of amides is 4. The SMILES string of the molecule is Cc1ccnc([C@H]2C[C@@H]2C(=O)Nc2nncc(OCc3cn4cc(C5CC5)cc(N5CC(=O)N(C)C5=O)c4n3)n2)n1. The van der Waals surface area contributed by atoms with Crippen LogP contribution in [0, 0.1) is 12.8 Å². The van der Waals surface area contributed by atoms with Gasteiger partial charge in [0, 0.05) is 43.2 Å². The fourth-order valence-electron chi connectivity index (χ4n) is 5.02. The molecule has 4 amide bonds. The molecule has 41 heavy (non-hydrogen) atoms. The third kappa shape index (κ3) is 4.81. The standard InChI is InChI=1S/C27H26N10O4/c1-14-5-6-28-23(30-14)18-8-19(18)25(39)33-26-32-21(9-29-34-26)41-13-17-11-36-10-16(15-3-4-15)7-20(24(36)31-17)37-12-22(38)35(2)27(37)40/h5-7,9-11,15,18-19H,3-4,8,12-13H2,1-2H3,(H,32,33,34,39)/t18-,19-/m0/s1. The van der Waals surface area contributed by atoms with Gasteiger partial charge in [0.05, 0.1) is 11.4 Å². The van der Waals surface area contributed by atoms with E-state index in [0.29, 0.717) is 35.2 Å². The first kappa shape index (κ1) is 25.0. The average molecular weight is 555 g/mol. The highest BCUT2D eigenvalue weighted by molar-refractivity contribution is 6.13. The number of carbonyl (C=O) groups excluding carboxylic acids is 3. The van der Waals surface area contributed by atoms with Crippen molar-refractivity contribution in [1.82, 2.24) is 39.4 Å². The van der Waals surface area contributed by atoms with E-state index in [1.165, 1.54) is 18.1 Å². The Bertz CT molecular complexity index is 1720. The van der Waals surface area contributed by atoms with Crippen LogP contribution < -0.4 is 15.0 Å². The Morgan fingerprint density at radius 1 is 1.17 bits per heavy atom. The Morgan fingerprint density at radius 2 is 2.02 bits per heavy atom. The Hall–Kier alpha value is -5.01. The van der Waals surface area contributed by atoms with Gasteiger partial charge in [0.1, 0.15) is 25.2 Å². The van der Waals surface area contributed by atoms with Crippen molar-refractivity contribution >= 4 is 35.1 Å². The van der Waals surface area contributed by atoms with Gasteiger partial charge in [-0.15, -0.1) is 10.2 Å². The van der Waals surface area contributed by atoms with Crippen LogP contribution in [0.3, 0.4) is 0 Å². The van der Waals surface area contributed by atoms with E-state index < -0.39 is 0 Å². The van der Waals surface area contributed by atoms with Gasteiger partial charge in [0.15, 0.2) is 5.65 Å². The van der Waals surface area contributed by atoms with Gasteiger partial charge in [-0.05, 0) is 49.8 Å². The smallest absolute Gasteiger partial charge is 0.331 e. The molecule has 2 atom stereocenters. The van der Waals surface area contributed by atoms with Crippen LogP contribution in [0.25, 0.3) is 5.65 Å². The Kier molecular flexibility index (Phi) is 5.83. The number of aryl methyl sites for hydroxylation is 1. The number of pyridine rings is 1. The molecule has 2 saturated carbocycles. The lowest BCUT2D eigenvalue weighted by Crippen LogP contribution is -2.30. The third-order valence-corrected chi connectivity index (χ3v) is 7.54. The van der Waals surface area contributed by atoms with E-state index in [4.69, 9.17) is 9.72 Å². The summed E-state index contributed by atoms with van der Waals surface area (Å²) in [7, 11) is 1.48. The molecular weight excluding hydrogens is 528 g/mol. The molecule has 0 radical (unpaired) electrons. The lowest BCUT2D eigenvalue weighted by Gasteiger charge is -2.17. The molecule has 2 aliphatic carbocycles. The zero-order valence-corrected chi connectivity index (χ0v) is 22.4. The summed E-state index contributed by atoms with van der Waals surface area (Å²) in [5, 5.41) is 10.5. The summed E-state index contributed by atoms with van der Waals surface area (Å²) < 4.78 is 7.70. The number of nitrogens with one attached hydrogen (secondary N) is 1. The first-order chi connectivity index (χ1) is 19.8. The number of likely N-dealkylation sites (N-methyl/N-ethyl adjacent to an activating group) is 1. The van der Waals surface area contributed by atoms with Crippen molar-refractivity contribution in [2.45, 2.75) is 44.6 Å². The van der Waals surface area contributed by atoms with E-state index in [-0.39, 0.29) is 54.7 Å². The Balaban J connectivity index is 1.05. The van der Waals surface area contributed by atoms with E-state index in [1.54, 1.807) is 6.20 Å². The van der Waals surface area contributed by atoms with Crippen LogP contribution in [0.4, 0.5) is 16.4 Å². The first-order valence-corrected chi connectivity index (χ1v) is 13.4. The van der Waals surface area contributed by atoms with Gasteiger partial charge >= 0.3 is 6.03 Å². The molecule has 4 aromatic heterocycles. The summed E-state index contributed by atoms with van der Waals surface area (Å²) in [6, 6.07) is 3.39. The van der Waals surface area contributed by atoms with Crippen LogP contribution >= 0.6 is 0 Å². The molecule has 0 unspecified atom stereocenters.